The molecule has 0 amide bonds. The topological polar surface area (TPSA) is 0 Å². The highest BCUT2D eigenvalue weighted by atomic mass is 14.4. The monoisotopic (exact) mass is 646 g/mol. The molecule has 0 fully saturated rings. The first kappa shape index (κ1) is 28.6. The Morgan fingerprint density at radius 1 is 0.373 bits per heavy atom. The van der Waals surface area contributed by atoms with Crippen molar-refractivity contribution in [3.05, 3.63) is 185 Å². The molecule has 0 spiro atoms. The maximum atomic E-state index is 2.53. The highest BCUT2D eigenvalue weighted by Crippen LogP contribution is 2.48. The summed E-state index contributed by atoms with van der Waals surface area (Å²) in [4.78, 5) is 0. The summed E-state index contributed by atoms with van der Waals surface area (Å²) in [5, 5.41) is 18.3. The Morgan fingerprint density at radius 2 is 0.863 bits per heavy atom. The van der Waals surface area contributed by atoms with Crippen LogP contribution in [0, 0.1) is 5.41 Å². The van der Waals surface area contributed by atoms with Crippen molar-refractivity contribution in [2.45, 2.75) is 13.8 Å². The van der Waals surface area contributed by atoms with Gasteiger partial charge in [-0.15, -0.1) is 0 Å². The van der Waals surface area contributed by atoms with E-state index in [0.717, 1.165) is 0 Å². The van der Waals surface area contributed by atoms with E-state index in [-0.39, 0.29) is 5.41 Å². The minimum absolute atomic E-state index is 0.180. The first-order chi connectivity index (χ1) is 25.0. The second-order valence-corrected chi connectivity index (χ2v) is 14.9. The molecule has 0 unspecified atom stereocenters. The fourth-order valence-corrected chi connectivity index (χ4v) is 9.44. The normalized spacial score (nSPS) is 15.0. The van der Waals surface area contributed by atoms with Crippen LogP contribution in [0.5, 0.6) is 0 Å². The number of allylic oxidation sites excluding steroid dienone is 4. The molecule has 9 aromatic rings. The molecule has 238 valence electrons. The molecule has 11 rings (SSSR count). The maximum Gasteiger partial charge on any atom is 0.00966 e. The molecule has 0 N–H and O–H groups in total. The van der Waals surface area contributed by atoms with Gasteiger partial charge in [-0.3, -0.25) is 0 Å². The van der Waals surface area contributed by atoms with Crippen LogP contribution in [-0.2, 0) is 0 Å². The minimum Gasteiger partial charge on any atom is -0.0665 e. The Bertz CT molecular complexity index is 3140. The van der Waals surface area contributed by atoms with Crippen molar-refractivity contribution < 1.29 is 0 Å². The molecule has 0 heteroatoms. The third-order valence-corrected chi connectivity index (χ3v) is 11.5. The van der Waals surface area contributed by atoms with Crippen LogP contribution < -0.4 is 10.4 Å². The molecule has 0 nitrogen and oxygen atoms in total. The molecule has 0 radical (unpaired) electrons. The van der Waals surface area contributed by atoms with Gasteiger partial charge in [0.1, 0.15) is 0 Å². The number of benzene rings is 9. The van der Waals surface area contributed by atoms with Gasteiger partial charge >= 0.3 is 0 Å². The van der Waals surface area contributed by atoms with E-state index in [1.54, 1.807) is 0 Å². The second kappa shape index (κ2) is 10.4. The smallest absolute Gasteiger partial charge is 0.00966 e. The lowest BCUT2D eigenvalue weighted by Crippen LogP contribution is -2.28. The van der Waals surface area contributed by atoms with Gasteiger partial charge in [0.15, 0.2) is 0 Å². The molecule has 0 heterocycles. The quantitative estimate of drug-likeness (QED) is 0.129. The molecular weight excluding hydrogens is 613 g/mol. The SMILES string of the molecule is CC1(C)C=C(c2c3ccccc3c(-c3ccc4ccccc4c3)c3ccccc23)C=C2C=c3cc4c5ccccc5c5ccccc5c4cc3=C21. The van der Waals surface area contributed by atoms with Crippen LogP contribution in [-0.4, -0.2) is 0 Å². The zero-order chi connectivity index (χ0) is 33.8. The number of hydrogen-bond acceptors (Lipinski definition) is 0. The Kier molecular flexibility index (Phi) is 5.82. The van der Waals surface area contributed by atoms with E-state index < -0.39 is 0 Å². The van der Waals surface area contributed by atoms with Crippen molar-refractivity contribution >= 4 is 81.9 Å². The van der Waals surface area contributed by atoms with E-state index in [1.807, 2.05) is 0 Å². The van der Waals surface area contributed by atoms with Crippen LogP contribution in [0.3, 0.4) is 0 Å². The zero-order valence-electron chi connectivity index (χ0n) is 28.7. The minimum atomic E-state index is -0.180. The average Bonchev–Trinajstić information content (AvgIpc) is 3.54. The van der Waals surface area contributed by atoms with Crippen LogP contribution in [0.4, 0.5) is 0 Å². The van der Waals surface area contributed by atoms with Crippen LogP contribution in [0.1, 0.15) is 19.4 Å². The van der Waals surface area contributed by atoms with Crippen LogP contribution in [0.15, 0.2) is 169 Å². The average molecular weight is 647 g/mol. The maximum absolute atomic E-state index is 2.53. The van der Waals surface area contributed by atoms with E-state index in [2.05, 4.69) is 184 Å². The fraction of sp³-hybridized carbons (Fsp3) is 0.0588. The number of hydrogen-bond donors (Lipinski definition) is 0. The summed E-state index contributed by atoms with van der Waals surface area (Å²) in [7, 11) is 0. The predicted octanol–water partition coefficient (Wildman–Crippen LogP) is 12.3. The fourth-order valence-electron chi connectivity index (χ4n) is 9.44. The van der Waals surface area contributed by atoms with Crippen LogP contribution in [0.2, 0.25) is 0 Å². The molecule has 0 atom stereocenters. The Balaban J connectivity index is 1.18. The van der Waals surface area contributed by atoms with Gasteiger partial charge in [0.2, 0.25) is 0 Å². The first-order valence-corrected chi connectivity index (χ1v) is 18.0. The summed E-state index contributed by atoms with van der Waals surface area (Å²) >= 11 is 0. The molecule has 2 aliphatic rings. The van der Waals surface area contributed by atoms with Gasteiger partial charge in [-0.2, -0.15) is 0 Å². The molecule has 2 aliphatic carbocycles. The molecule has 0 bridgehead atoms. The van der Waals surface area contributed by atoms with Gasteiger partial charge in [-0.25, -0.2) is 0 Å². The summed E-state index contributed by atoms with van der Waals surface area (Å²) in [6.07, 6.45) is 7.43. The lowest BCUT2D eigenvalue weighted by atomic mass is 9.73. The van der Waals surface area contributed by atoms with Gasteiger partial charge < -0.3 is 0 Å². The Morgan fingerprint density at radius 3 is 1.47 bits per heavy atom. The summed E-state index contributed by atoms with van der Waals surface area (Å²) in [6, 6.07) is 56.3. The van der Waals surface area contributed by atoms with Crippen molar-refractivity contribution in [2.75, 3.05) is 0 Å². The van der Waals surface area contributed by atoms with Crippen LogP contribution >= 0.6 is 0 Å². The van der Waals surface area contributed by atoms with E-state index in [9.17, 15) is 0 Å². The third kappa shape index (κ3) is 4.08. The first-order valence-electron chi connectivity index (χ1n) is 18.0. The zero-order valence-corrected chi connectivity index (χ0v) is 28.7. The summed E-state index contributed by atoms with van der Waals surface area (Å²) in [5.41, 5.74) is 7.73. The Labute approximate surface area is 296 Å². The summed E-state index contributed by atoms with van der Waals surface area (Å²) in [5.74, 6) is 0. The standard InChI is InChI=1S/C51H34/c1-51(2)30-36(27-35-26-34-28-46-39-17-7-5-15-37(39)38-16-6-8-18-40(38)47(46)29-45(34)50(35)51)49-43-21-11-9-19-41(43)48(42-20-10-12-22-44(42)49)33-24-23-31-13-3-4-14-32(31)25-33/h3-30H,1-2H3. The van der Waals surface area contributed by atoms with Crippen molar-refractivity contribution in [1.82, 2.24) is 0 Å². The summed E-state index contributed by atoms with van der Waals surface area (Å²) in [6.45, 7) is 4.80. The predicted molar refractivity (Wildman–Crippen MR) is 220 cm³/mol. The highest BCUT2D eigenvalue weighted by molar-refractivity contribution is 6.26. The molecule has 0 aliphatic heterocycles. The molecule has 0 aromatic heterocycles. The molecule has 0 saturated carbocycles. The van der Waals surface area contributed by atoms with Crippen molar-refractivity contribution in [3.8, 4) is 11.1 Å². The van der Waals surface area contributed by atoms with Gasteiger partial charge in [-0.1, -0.05) is 153 Å². The number of fused-ring (bicyclic) bond motifs is 11. The number of rotatable bonds is 2. The lowest BCUT2D eigenvalue weighted by Gasteiger charge is -2.30. The van der Waals surface area contributed by atoms with Crippen LogP contribution in [0.25, 0.3) is 93.0 Å². The third-order valence-electron chi connectivity index (χ3n) is 11.5. The second-order valence-electron chi connectivity index (χ2n) is 14.9. The summed E-state index contributed by atoms with van der Waals surface area (Å²) < 4.78 is 0. The van der Waals surface area contributed by atoms with Crippen molar-refractivity contribution in [1.29, 1.82) is 0 Å². The largest absolute Gasteiger partial charge is 0.0665 e. The van der Waals surface area contributed by atoms with E-state index >= 15 is 0 Å². The molecule has 0 saturated heterocycles. The van der Waals surface area contributed by atoms with Gasteiger partial charge in [-0.05, 0) is 139 Å². The molecule has 51 heavy (non-hydrogen) atoms. The van der Waals surface area contributed by atoms with E-state index in [0.29, 0.717) is 0 Å². The molecule has 9 aromatic carbocycles. The highest BCUT2D eigenvalue weighted by Gasteiger charge is 2.32. The van der Waals surface area contributed by atoms with Crippen molar-refractivity contribution in [2.24, 2.45) is 5.41 Å². The Hall–Kier alpha value is -6.24. The van der Waals surface area contributed by atoms with Gasteiger partial charge in [0.25, 0.3) is 0 Å². The van der Waals surface area contributed by atoms with Gasteiger partial charge in [0.05, 0.1) is 0 Å². The van der Waals surface area contributed by atoms with E-state index in [1.165, 1.54) is 108 Å². The van der Waals surface area contributed by atoms with Gasteiger partial charge in [0, 0.05) is 5.41 Å². The van der Waals surface area contributed by atoms with Crippen molar-refractivity contribution in [3.63, 3.8) is 0 Å². The lowest BCUT2D eigenvalue weighted by molar-refractivity contribution is 0.647. The molecular formula is C51H34. The van der Waals surface area contributed by atoms with E-state index in [4.69, 9.17) is 0 Å².